The third kappa shape index (κ3) is 5.40. The third-order valence-electron chi connectivity index (χ3n) is 6.48. The normalized spacial score (nSPS) is 20.0. The topological polar surface area (TPSA) is 74.8 Å². The van der Waals surface area contributed by atoms with Crippen molar-refractivity contribution in [3.8, 4) is 11.5 Å². The van der Waals surface area contributed by atoms with E-state index in [1.54, 1.807) is 0 Å². The summed E-state index contributed by atoms with van der Waals surface area (Å²) in [6.45, 7) is 7.31. The van der Waals surface area contributed by atoms with Crippen LogP contribution in [-0.2, 0) is 6.54 Å². The lowest BCUT2D eigenvalue weighted by atomic mass is 10.0. The summed E-state index contributed by atoms with van der Waals surface area (Å²) in [5.74, 6) is 4.74. The number of piperidine rings is 2. The number of thiocarbonyl (C=S) groups is 1. The number of rotatable bonds is 5. The molecule has 176 valence electrons. The molecule has 2 saturated heterocycles. The van der Waals surface area contributed by atoms with Crippen molar-refractivity contribution in [1.82, 2.24) is 15.3 Å². The van der Waals surface area contributed by atoms with E-state index in [0.29, 0.717) is 23.5 Å². The van der Waals surface area contributed by atoms with Crippen LogP contribution in [0.4, 0.5) is 17.6 Å². The first-order chi connectivity index (χ1) is 16.1. The highest BCUT2D eigenvalue weighted by Gasteiger charge is 2.21. The second-order valence-electron chi connectivity index (χ2n) is 9.14. The SMILES string of the molecule is C[C@@H]1CCCN(c2cc(N3CCCCC3)nc(NC(=S)NCc3ccc4c(c3)OCO4)n2)C1. The number of hydrogen-bond donors (Lipinski definition) is 2. The molecule has 0 aliphatic carbocycles. The molecule has 1 aromatic carbocycles. The lowest BCUT2D eigenvalue weighted by Gasteiger charge is -2.33. The van der Waals surface area contributed by atoms with Crippen molar-refractivity contribution in [2.45, 2.75) is 45.6 Å². The van der Waals surface area contributed by atoms with Gasteiger partial charge >= 0.3 is 0 Å². The first-order valence-corrected chi connectivity index (χ1v) is 12.4. The van der Waals surface area contributed by atoms with E-state index in [9.17, 15) is 0 Å². The predicted molar refractivity (Wildman–Crippen MR) is 134 cm³/mol. The summed E-state index contributed by atoms with van der Waals surface area (Å²) in [5.41, 5.74) is 1.06. The molecule has 9 heteroatoms. The van der Waals surface area contributed by atoms with Crippen molar-refractivity contribution < 1.29 is 9.47 Å². The lowest BCUT2D eigenvalue weighted by Crippen LogP contribution is -2.36. The van der Waals surface area contributed by atoms with Gasteiger partial charge in [0.1, 0.15) is 11.6 Å². The molecule has 0 amide bonds. The molecule has 4 heterocycles. The highest BCUT2D eigenvalue weighted by molar-refractivity contribution is 7.80. The zero-order chi connectivity index (χ0) is 22.6. The van der Waals surface area contributed by atoms with Crippen LogP contribution < -0.4 is 29.9 Å². The molecule has 0 unspecified atom stereocenters. The number of fused-ring (bicyclic) bond motifs is 1. The fraction of sp³-hybridized carbons (Fsp3) is 0.542. The van der Waals surface area contributed by atoms with Crippen LogP contribution in [0.5, 0.6) is 11.5 Å². The Morgan fingerprint density at radius 3 is 2.58 bits per heavy atom. The minimum Gasteiger partial charge on any atom is -0.454 e. The van der Waals surface area contributed by atoms with E-state index in [1.807, 2.05) is 18.2 Å². The molecule has 8 nitrogen and oxygen atoms in total. The molecule has 0 radical (unpaired) electrons. The molecule has 33 heavy (non-hydrogen) atoms. The number of aromatic nitrogens is 2. The van der Waals surface area contributed by atoms with E-state index < -0.39 is 0 Å². The molecule has 3 aliphatic heterocycles. The molecule has 0 bridgehead atoms. The summed E-state index contributed by atoms with van der Waals surface area (Å²) in [5, 5.41) is 6.99. The molecule has 1 aromatic heterocycles. The van der Waals surface area contributed by atoms with Crippen LogP contribution in [0.3, 0.4) is 0 Å². The van der Waals surface area contributed by atoms with E-state index in [4.69, 9.17) is 31.7 Å². The molecule has 2 N–H and O–H groups in total. The molecule has 3 aliphatic rings. The van der Waals surface area contributed by atoms with Crippen LogP contribution in [-0.4, -0.2) is 48.1 Å². The average Bonchev–Trinajstić information content (AvgIpc) is 3.31. The van der Waals surface area contributed by atoms with Crippen LogP contribution in [0.1, 0.15) is 44.6 Å². The maximum atomic E-state index is 5.57. The van der Waals surface area contributed by atoms with Gasteiger partial charge in [-0.05, 0) is 67.9 Å². The Morgan fingerprint density at radius 2 is 1.76 bits per heavy atom. The Balaban J connectivity index is 1.29. The van der Waals surface area contributed by atoms with Crippen molar-refractivity contribution in [3.05, 3.63) is 29.8 Å². The van der Waals surface area contributed by atoms with Crippen LogP contribution in [0, 0.1) is 5.92 Å². The Bertz CT molecular complexity index is 997. The summed E-state index contributed by atoms with van der Waals surface area (Å²) in [6.07, 6.45) is 6.18. The van der Waals surface area contributed by atoms with Gasteiger partial charge < -0.3 is 29.9 Å². The van der Waals surface area contributed by atoms with Gasteiger partial charge in [0.05, 0.1) is 0 Å². The molecular weight excluding hydrogens is 436 g/mol. The highest BCUT2D eigenvalue weighted by atomic mass is 32.1. The summed E-state index contributed by atoms with van der Waals surface area (Å²) in [4.78, 5) is 14.4. The number of nitrogens with one attached hydrogen (secondary N) is 2. The smallest absolute Gasteiger partial charge is 0.232 e. The minimum atomic E-state index is 0.273. The average molecular weight is 469 g/mol. The van der Waals surface area contributed by atoms with Crippen LogP contribution in [0.15, 0.2) is 24.3 Å². The van der Waals surface area contributed by atoms with E-state index in [0.717, 1.165) is 54.9 Å². The molecule has 5 rings (SSSR count). The standard InChI is InChI=1S/C24H32N6O2S/c1-17-6-5-11-30(15-17)22-13-21(29-9-3-2-4-10-29)26-23(27-22)28-24(33)25-14-18-7-8-19-20(12-18)32-16-31-19/h7-8,12-13,17H,2-6,9-11,14-16H2,1H3,(H2,25,26,27,28,33)/t17-/m1/s1. The number of nitrogens with zero attached hydrogens (tertiary/aromatic N) is 4. The zero-order valence-electron chi connectivity index (χ0n) is 19.2. The summed E-state index contributed by atoms with van der Waals surface area (Å²) >= 11 is 5.57. The van der Waals surface area contributed by atoms with Gasteiger partial charge in [-0.25, -0.2) is 0 Å². The highest BCUT2D eigenvalue weighted by Crippen LogP contribution is 2.32. The van der Waals surface area contributed by atoms with Crippen LogP contribution in [0.2, 0.25) is 0 Å². The fourth-order valence-electron chi connectivity index (χ4n) is 4.70. The number of ether oxygens (including phenoxy) is 2. The zero-order valence-corrected chi connectivity index (χ0v) is 20.0. The minimum absolute atomic E-state index is 0.273. The number of anilines is 3. The van der Waals surface area contributed by atoms with Crippen molar-refractivity contribution in [3.63, 3.8) is 0 Å². The van der Waals surface area contributed by atoms with Crippen LogP contribution in [0.25, 0.3) is 0 Å². The summed E-state index contributed by atoms with van der Waals surface area (Å²) in [6, 6.07) is 8.05. The van der Waals surface area contributed by atoms with E-state index in [2.05, 4.69) is 33.4 Å². The van der Waals surface area contributed by atoms with Gasteiger partial charge in [-0.15, -0.1) is 0 Å². The third-order valence-corrected chi connectivity index (χ3v) is 6.72. The second-order valence-corrected chi connectivity index (χ2v) is 9.55. The Morgan fingerprint density at radius 1 is 1.00 bits per heavy atom. The van der Waals surface area contributed by atoms with Crippen molar-refractivity contribution in [2.24, 2.45) is 5.92 Å². The van der Waals surface area contributed by atoms with E-state index in [1.165, 1.54) is 32.1 Å². The molecule has 1 atom stereocenters. The monoisotopic (exact) mass is 468 g/mol. The summed E-state index contributed by atoms with van der Waals surface area (Å²) < 4.78 is 10.8. The molecule has 0 spiro atoms. The molecular formula is C24H32N6O2S. The number of hydrogen-bond acceptors (Lipinski definition) is 7. The number of benzene rings is 1. The van der Waals surface area contributed by atoms with Crippen molar-refractivity contribution in [1.29, 1.82) is 0 Å². The van der Waals surface area contributed by atoms with Gasteiger partial charge in [0, 0.05) is 38.8 Å². The largest absolute Gasteiger partial charge is 0.454 e. The molecule has 2 fully saturated rings. The van der Waals surface area contributed by atoms with Gasteiger partial charge in [-0.1, -0.05) is 13.0 Å². The van der Waals surface area contributed by atoms with Gasteiger partial charge in [0.15, 0.2) is 16.6 Å². The molecule has 0 saturated carbocycles. The Kier molecular flexibility index (Phi) is 6.66. The first-order valence-electron chi connectivity index (χ1n) is 12.0. The fourth-order valence-corrected chi connectivity index (χ4v) is 4.86. The predicted octanol–water partition coefficient (Wildman–Crippen LogP) is 3.92. The van der Waals surface area contributed by atoms with Crippen molar-refractivity contribution in [2.75, 3.05) is 48.1 Å². The van der Waals surface area contributed by atoms with Gasteiger partial charge in [0.25, 0.3) is 0 Å². The first kappa shape index (κ1) is 22.0. The van der Waals surface area contributed by atoms with Gasteiger partial charge in [-0.2, -0.15) is 9.97 Å². The summed E-state index contributed by atoms with van der Waals surface area (Å²) in [7, 11) is 0. The molecule has 2 aromatic rings. The van der Waals surface area contributed by atoms with Gasteiger partial charge in [0.2, 0.25) is 12.7 Å². The van der Waals surface area contributed by atoms with Crippen LogP contribution >= 0.6 is 12.2 Å². The quantitative estimate of drug-likeness (QED) is 0.635. The Labute approximate surface area is 200 Å². The second kappa shape index (κ2) is 9.99. The van der Waals surface area contributed by atoms with E-state index in [-0.39, 0.29) is 6.79 Å². The van der Waals surface area contributed by atoms with Gasteiger partial charge in [-0.3, -0.25) is 0 Å². The maximum Gasteiger partial charge on any atom is 0.232 e. The Hall–Kier alpha value is -2.81. The lowest BCUT2D eigenvalue weighted by molar-refractivity contribution is 0.174. The van der Waals surface area contributed by atoms with Crippen molar-refractivity contribution >= 4 is 34.9 Å². The van der Waals surface area contributed by atoms with E-state index >= 15 is 0 Å². The maximum absolute atomic E-state index is 5.57.